The summed E-state index contributed by atoms with van der Waals surface area (Å²) in [6.07, 6.45) is 26.8. The molecule has 2 aliphatic heterocycles. The van der Waals surface area contributed by atoms with Crippen molar-refractivity contribution < 1.29 is 28.5 Å². The minimum Gasteiger partial charge on any atom is -0.493 e. The van der Waals surface area contributed by atoms with Crippen molar-refractivity contribution in [3.05, 3.63) is 81.6 Å². The van der Waals surface area contributed by atoms with Crippen LogP contribution in [0.4, 0.5) is 0 Å². The summed E-state index contributed by atoms with van der Waals surface area (Å²) in [5.74, 6) is 3.07. The average Bonchev–Trinajstić information content (AvgIpc) is 4.19. The minimum absolute atomic E-state index is 0.0658. The molecule has 0 N–H and O–H groups in total. The number of nitrogens with zero attached hydrogens (tertiary/aromatic N) is 2. The Morgan fingerprint density at radius 2 is 0.681 bits per heavy atom. The zero-order chi connectivity index (χ0) is 50.9. The molecule has 72 heavy (non-hydrogen) atoms. The molecule has 2 aromatic carbocycles. The van der Waals surface area contributed by atoms with Gasteiger partial charge in [0.15, 0.2) is 0 Å². The Morgan fingerprint density at radius 3 is 1.04 bits per heavy atom. The fourth-order valence-corrected chi connectivity index (χ4v) is 11.7. The third-order valence-corrected chi connectivity index (χ3v) is 16.1. The quantitative estimate of drug-likeness (QED) is 0.0416. The average molecular weight is 1020 g/mol. The monoisotopic (exact) mass is 1020 g/mol. The van der Waals surface area contributed by atoms with Gasteiger partial charge >= 0.3 is 0 Å². The highest BCUT2D eigenvalue weighted by atomic mass is 32.1. The molecule has 2 aromatic heterocycles. The number of benzene rings is 2. The van der Waals surface area contributed by atoms with E-state index in [0.717, 1.165) is 155 Å². The maximum Gasteiger partial charge on any atom is 0.261 e. The van der Waals surface area contributed by atoms with Crippen LogP contribution >= 0.6 is 22.7 Å². The first-order valence-corrected chi connectivity index (χ1v) is 30.1. The number of amides is 2. The second kappa shape index (κ2) is 31.3. The van der Waals surface area contributed by atoms with Crippen LogP contribution in [0, 0.1) is 0 Å². The summed E-state index contributed by atoms with van der Waals surface area (Å²) >= 11 is 3.27. The van der Waals surface area contributed by atoms with Gasteiger partial charge in [0.25, 0.3) is 11.8 Å². The minimum atomic E-state index is -0.0658. The van der Waals surface area contributed by atoms with E-state index in [9.17, 15) is 0 Å². The fraction of sp³-hybridized carbons (Fsp3) is 0.581. The van der Waals surface area contributed by atoms with Crippen molar-refractivity contribution >= 4 is 45.9 Å². The summed E-state index contributed by atoms with van der Waals surface area (Å²) in [7, 11) is 0. The number of thiophene rings is 2. The Labute approximate surface area is 442 Å². The second-order valence-corrected chi connectivity index (χ2v) is 21.9. The number of rotatable bonds is 38. The molecule has 0 bridgehead atoms. The Bertz CT molecular complexity index is 2180. The summed E-state index contributed by atoms with van der Waals surface area (Å²) in [6, 6.07) is 20.8. The predicted octanol–water partition coefficient (Wildman–Crippen LogP) is 17.9. The molecule has 0 aliphatic carbocycles. The van der Waals surface area contributed by atoms with Crippen LogP contribution in [-0.4, -0.2) is 61.1 Å². The van der Waals surface area contributed by atoms with Crippen LogP contribution in [0.5, 0.6) is 23.0 Å². The standard InChI is InChI=1S/C62H88N2O6S2/c1-7-13-19-21-23-25-27-29-39-63-59(55-37-35-53(71-55)49-33-31-47(67-41-15-9-3)45-51(49)69-43-17-11-5)57-58(61(63)65)60(64(62(57)66)40-30-28-26-24-22-20-14-8-2)56-38-36-54(72-56)50-34-32-48(68-42-16-10-4)46-52(50)70-44-18-12-6/h31-38,45-46H,7-30,39-44H2,1-6H3. The third kappa shape index (κ3) is 15.7. The van der Waals surface area contributed by atoms with Crippen molar-refractivity contribution in [2.75, 3.05) is 39.5 Å². The zero-order valence-corrected chi connectivity index (χ0v) is 46.8. The van der Waals surface area contributed by atoms with Gasteiger partial charge < -0.3 is 28.7 Å². The van der Waals surface area contributed by atoms with E-state index in [-0.39, 0.29) is 11.8 Å². The summed E-state index contributed by atoms with van der Waals surface area (Å²) < 4.78 is 25.2. The first-order valence-electron chi connectivity index (χ1n) is 28.5. The largest absolute Gasteiger partial charge is 0.493 e. The van der Waals surface area contributed by atoms with Gasteiger partial charge in [-0.05, 0) is 87.1 Å². The van der Waals surface area contributed by atoms with Gasteiger partial charge in [0.05, 0.1) is 58.7 Å². The molecule has 0 atom stereocenters. The number of hydrogen-bond donors (Lipinski definition) is 0. The van der Waals surface area contributed by atoms with Gasteiger partial charge in [-0.2, -0.15) is 0 Å². The maximum atomic E-state index is 15.4. The van der Waals surface area contributed by atoms with Crippen molar-refractivity contribution in [3.8, 4) is 43.9 Å². The Morgan fingerprint density at radius 1 is 0.361 bits per heavy atom. The lowest BCUT2D eigenvalue weighted by Crippen LogP contribution is -2.30. The predicted molar refractivity (Wildman–Crippen MR) is 304 cm³/mol. The molecular weight excluding hydrogens is 933 g/mol. The Hall–Kier alpha value is -4.54. The van der Waals surface area contributed by atoms with Gasteiger partial charge in [0.2, 0.25) is 0 Å². The number of carbonyl (C=O) groups excluding carboxylic acids is 2. The van der Waals surface area contributed by atoms with Crippen LogP contribution in [0.15, 0.2) is 71.8 Å². The maximum absolute atomic E-state index is 15.4. The van der Waals surface area contributed by atoms with Gasteiger partial charge in [-0.1, -0.05) is 157 Å². The molecule has 0 saturated carbocycles. The van der Waals surface area contributed by atoms with E-state index >= 15 is 9.59 Å². The molecule has 6 rings (SSSR count). The lowest BCUT2D eigenvalue weighted by Gasteiger charge is -2.24. The number of ether oxygens (including phenoxy) is 4. The van der Waals surface area contributed by atoms with Crippen LogP contribution in [0.1, 0.15) is 205 Å². The number of carbonyl (C=O) groups is 2. The molecule has 0 unspecified atom stereocenters. The molecule has 0 fully saturated rings. The van der Waals surface area contributed by atoms with E-state index in [1.54, 1.807) is 22.7 Å². The molecule has 2 amide bonds. The van der Waals surface area contributed by atoms with Gasteiger partial charge in [0.1, 0.15) is 23.0 Å². The summed E-state index contributed by atoms with van der Waals surface area (Å²) in [5.41, 5.74) is 4.59. The molecule has 10 heteroatoms. The summed E-state index contributed by atoms with van der Waals surface area (Å²) in [5, 5.41) is 0. The van der Waals surface area contributed by atoms with E-state index in [2.05, 4.69) is 77.9 Å². The lowest BCUT2D eigenvalue weighted by atomic mass is 10.1. The summed E-state index contributed by atoms with van der Waals surface area (Å²) in [4.78, 5) is 38.7. The third-order valence-electron chi connectivity index (χ3n) is 13.8. The summed E-state index contributed by atoms with van der Waals surface area (Å²) in [6.45, 7) is 16.9. The van der Waals surface area contributed by atoms with Crippen LogP contribution in [0.25, 0.3) is 32.3 Å². The number of fused-ring (bicyclic) bond motifs is 1. The molecule has 0 radical (unpaired) electrons. The first-order chi connectivity index (χ1) is 35.4. The van der Waals surface area contributed by atoms with Crippen LogP contribution in [-0.2, 0) is 9.59 Å². The normalized spacial score (nSPS) is 13.6. The van der Waals surface area contributed by atoms with Crippen LogP contribution in [0.3, 0.4) is 0 Å². The highest BCUT2D eigenvalue weighted by Gasteiger charge is 2.49. The smallest absolute Gasteiger partial charge is 0.261 e. The molecular formula is C62H88N2O6S2. The van der Waals surface area contributed by atoms with Gasteiger partial charge in [-0.15, -0.1) is 22.7 Å². The molecule has 8 nitrogen and oxygen atoms in total. The number of unbranched alkanes of at least 4 members (excludes halogenated alkanes) is 18. The van der Waals surface area contributed by atoms with Crippen molar-refractivity contribution in [2.24, 2.45) is 0 Å². The van der Waals surface area contributed by atoms with Crippen molar-refractivity contribution in [1.82, 2.24) is 9.80 Å². The fourth-order valence-electron chi connectivity index (χ4n) is 9.52. The Kier molecular flexibility index (Phi) is 24.6. The van der Waals surface area contributed by atoms with Gasteiger partial charge in [-0.25, -0.2) is 0 Å². The van der Waals surface area contributed by atoms with E-state index < -0.39 is 0 Å². The lowest BCUT2D eigenvalue weighted by molar-refractivity contribution is -0.124. The SMILES string of the molecule is CCCCCCCCCCN1C(=O)C2=C(c3ccc(-c4ccc(OCCCC)cc4OCCCC)s3)N(CCCCCCCCCC)C(=O)C2=C1c1ccc(-c2ccc(OCCCC)cc2OCCCC)s1. The molecule has 0 spiro atoms. The van der Waals surface area contributed by atoms with Crippen molar-refractivity contribution in [2.45, 2.75) is 196 Å². The molecule has 2 aliphatic rings. The van der Waals surface area contributed by atoms with E-state index in [0.29, 0.717) is 50.7 Å². The van der Waals surface area contributed by atoms with Crippen molar-refractivity contribution in [1.29, 1.82) is 0 Å². The Balaban J connectivity index is 1.41. The van der Waals surface area contributed by atoms with Crippen LogP contribution < -0.4 is 18.9 Å². The number of hydrogen-bond acceptors (Lipinski definition) is 8. The van der Waals surface area contributed by atoms with Gasteiger partial charge in [-0.3, -0.25) is 9.59 Å². The van der Waals surface area contributed by atoms with Crippen molar-refractivity contribution in [3.63, 3.8) is 0 Å². The molecule has 4 aromatic rings. The zero-order valence-electron chi connectivity index (χ0n) is 45.1. The van der Waals surface area contributed by atoms with E-state index in [4.69, 9.17) is 18.9 Å². The van der Waals surface area contributed by atoms with E-state index in [1.165, 1.54) is 64.2 Å². The molecule has 0 saturated heterocycles. The van der Waals surface area contributed by atoms with Crippen LogP contribution in [0.2, 0.25) is 0 Å². The van der Waals surface area contributed by atoms with Gasteiger partial charge in [0, 0.05) is 46.1 Å². The topological polar surface area (TPSA) is 77.5 Å². The molecule has 4 heterocycles. The second-order valence-electron chi connectivity index (χ2n) is 19.8. The first kappa shape index (κ1) is 56.8. The molecule has 394 valence electrons. The highest BCUT2D eigenvalue weighted by molar-refractivity contribution is 7.17. The van der Waals surface area contributed by atoms with E-state index in [1.807, 2.05) is 34.1 Å². The highest BCUT2D eigenvalue weighted by Crippen LogP contribution is 2.51.